The number of rotatable bonds is 8. The molecule has 3 rings (SSSR count). The molecule has 0 amide bonds. The predicted molar refractivity (Wildman–Crippen MR) is 118 cm³/mol. The number of hydrogen-bond donors (Lipinski definition) is 1. The third-order valence-corrected chi connectivity index (χ3v) is 6.06. The molecule has 0 bridgehead atoms. The highest BCUT2D eigenvalue weighted by molar-refractivity contribution is 5.88. The number of carboxylic acids is 1. The standard InChI is InChI=1S/C24H29N3O3/c1-25-21-8-4-19(5-9-21)12-15-27-16-13-24(30-3,14-17-27)18-26(2)22-10-6-20(7-11-22)23(28)29/h4-11H,12-18H2,2-3H3,(H,28,29). The van der Waals surface area contributed by atoms with Gasteiger partial charge in [-0.2, -0.15) is 0 Å². The molecular weight excluding hydrogens is 378 g/mol. The maximum absolute atomic E-state index is 11.0. The van der Waals surface area contributed by atoms with E-state index in [9.17, 15) is 4.79 Å². The monoisotopic (exact) mass is 407 g/mol. The molecule has 6 heteroatoms. The molecule has 1 aliphatic heterocycles. The van der Waals surface area contributed by atoms with Crippen LogP contribution < -0.4 is 4.90 Å². The SMILES string of the molecule is [C-]#[N+]c1ccc(CCN2CCC(CN(C)c3ccc(C(=O)O)cc3)(OC)CC2)cc1. The molecule has 30 heavy (non-hydrogen) atoms. The first-order valence-electron chi connectivity index (χ1n) is 10.2. The number of likely N-dealkylation sites (tertiary alicyclic amines) is 1. The number of methoxy groups -OCH3 is 1. The highest BCUT2D eigenvalue weighted by Crippen LogP contribution is 2.29. The van der Waals surface area contributed by atoms with Gasteiger partial charge in [0.05, 0.1) is 17.7 Å². The number of piperidine rings is 1. The molecule has 0 aliphatic carbocycles. The molecule has 158 valence electrons. The Morgan fingerprint density at radius 3 is 2.33 bits per heavy atom. The van der Waals surface area contributed by atoms with Gasteiger partial charge in [-0.05, 0) is 49.1 Å². The number of carbonyl (C=O) groups is 1. The minimum Gasteiger partial charge on any atom is -0.478 e. The second kappa shape index (κ2) is 9.75. The molecule has 1 aliphatic rings. The number of benzene rings is 2. The Labute approximate surface area is 178 Å². The van der Waals surface area contributed by atoms with E-state index in [1.807, 2.05) is 43.4 Å². The molecule has 0 saturated carbocycles. The lowest BCUT2D eigenvalue weighted by Gasteiger charge is -2.43. The maximum Gasteiger partial charge on any atom is 0.335 e. The molecular formula is C24H29N3O3. The van der Waals surface area contributed by atoms with Crippen molar-refractivity contribution in [2.24, 2.45) is 0 Å². The highest BCUT2D eigenvalue weighted by atomic mass is 16.5. The second-order valence-electron chi connectivity index (χ2n) is 7.97. The van der Waals surface area contributed by atoms with Crippen molar-refractivity contribution in [2.75, 3.05) is 45.2 Å². The van der Waals surface area contributed by atoms with Crippen molar-refractivity contribution in [1.29, 1.82) is 0 Å². The Kier molecular flexibility index (Phi) is 7.09. The third-order valence-electron chi connectivity index (χ3n) is 6.06. The Balaban J connectivity index is 1.52. The Bertz CT molecular complexity index is 879. The van der Waals surface area contributed by atoms with Gasteiger partial charge >= 0.3 is 5.97 Å². The lowest BCUT2D eigenvalue weighted by Crippen LogP contribution is -2.51. The van der Waals surface area contributed by atoms with Crippen molar-refractivity contribution >= 4 is 17.3 Å². The number of carboxylic acid groups (broad SMARTS) is 1. The number of anilines is 1. The van der Waals surface area contributed by atoms with Crippen LogP contribution in [-0.2, 0) is 11.2 Å². The minimum atomic E-state index is -0.910. The Morgan fingerprint density at radius 1 is 1.17 bits per heavy atom. The fourth-order valence-electron chi connectivity index (χ4n) is 4.02. The van der Waals surface area contributed by atoms with Gasteiger partial charge in [0.25, 0.3) is 0 Å². The van der Waals surface area contributed by atoms with Crippen LogP contribution in [-0.4, -0.2) is 61.9 Å². The quantitative estimate of drug-likeness (QED) is 0.668. The van der Waals surface area contributed by atoms with E-state index >= 15 is 0 Å². The predicted octanol–water partition coefficient (Wildman–Crippen LogP) is 4.10. The van der Waals surface area contributed by atoms with Gasteiger partial charge in [-0.15, -0.1) is 0 Å². The van der Waals surface area contributed by atoms with E-state index in [0.717, 1.165) is 51.1 Å². The molecule has 1 N–H and O–H groups in total. The van der Waals surface area contributed by atoms with Crippen molar-refractivity contribution in [1.82, 2.24) is 4.90 Å². The van der Waals surface area contributed by atoms with Gasteiger partial charge in [0, 0.05) is 46.0 Å². The summed E-state index contributed by atoms with van der Waals surface area (Å²) in [5.41, 5.74) is 3.03. The summed E-state index contributed by atoms with van der Waals surface area (Å²) in [5.74, 6) is -0.910. The van der Waals surface area contributed by atoms with E-state index in [0.29, 0.717) is 11.3 Å². The summed E-state index contributed by atoms with van der Waals surface area (Å²) >= 11 is 0. The zero-order chi connectivity index (χ0) is 21.6. The van der Waals surface area contributed by atoms with Gasteiger partial charge in [0.1, 0.15) is 0 Å². The molecule has 6 nitrogen and oxygen atoms in total. The zero-order valence-corrected chi connectivity index (χ0v) is 17.7. The van der Waals surface area contributed by atoms with Crippen LogP contribution in [0.1, 0.15) is 28.8 Å². The summed E-state index contributed by atoms with van der Waals surface area (Å²) in [5, 5.41) is 9.07. The normalized spacial score (nSPS) is 16.0. The third kappa shape index (κ3) is 5.38. The first-order chi connectivity index (χ1) is 14.4. The van der Waals surface area contributed by atoms with Gasteiger partial charge in [-0.25, -0.2) is 9.64 Å². The van der Waals surface area contributed by atoms with Crippen LogP contribution in [0.5, 0.6) is 0 Å². The Morgan fingerprint density at radius 2 is 1.80 bits per heavy atom. The van der Waals surface area contributed by atoms with Crippen molar-refractivity contribution in [3.63, 3.8) is 0 Å². The number of likely N-dealkylation sites (N-methyl/N-ethyl adjacent to an activating group) is 1. The van der Waals surface area contributed by atoms with E-state index in [2.05, 4.69) is 14.6 Å². The topological polar surface area (TPSA) is 57.4 Å². The molecule has 0 aromatic heterocycles. The molecule has 2 aromatic rings. The van der Waals surface area contributed by atoms with Gasteiger partial charge < -0.3 is 19.6 Å². The van der Waals surface area contributed by atoms with Gasteiger partial charge in [0.15, 0.2) is 5.69 Å². The van der Waals surface area contributed by atoms with E-state index in [1.54, 1.807) is 19.2 Å². The highest BCUT2D eigenvalue weighted by Gasteiger charge is 2.35. The Hall–Kier alpha value is -2.88. The van der Waals surface area contributed by atoms with Gasteiger partial charge in [-0.3, -0.25) is 0 Å². The summed E-state index contributed by atoms with van der Waals surface area (Å²) in [6, 6.07) is 14.8. The largest absolute Gasteiger partial charge is 0.478 e. The van der Waals surface area contributed by atoms with E-state index < -0.39 is 5.97 Å². The molecule has 0 unspecified atom stereocenters. The maximum atomic E-state index is 11.0. The van der Waals surface area contributed by atoms with Crippen LogP contribution in [0.4, 0.5) is 11.4 Å². The van der Waals surface area contributed by atoms with Crippen molar-refractivity contribution < 1.29 is 14.6 Å². The van der Waals surface area contributed by atoms with Crippen molar-refractivity contribution in [3.05, 3.63) is 71.1 Å². The first kappa shape index (κ1) is 21.8. The van der Waals surface area contributed by atoms with E-state index in [-0.39, 0.29) is 5.60 Å². The van der Waals surface area contributed by atoms with Crippen LogP contribution >= 0.6 is 0 Å². The van der Waals surface area contributed by atoms with E-state index in [1.165, 1.54) is 5.56 Å². The van der Waals surface area contributed by atoms with Gasteiger partial charge in [0.2, 0.25) is 0 Å². The summed E-state index contributed by atoms with van der Waals surface area (Å²) in [7, 11) is 3.81. The summed E-state index contributed by atoms with van der Waals surface area (Å²) in [4.78, 5) is 19.1. The number of aromatic carboxylic acids is 1. The van der Waals surface area contributed by atoms with Crippen LogP contribution in [0.15, 0.2) is 48.5 Å². The first-order valence-corrected chi connectivity index (χ1v) is 10.2. The number of nitrogens with zero attached hydrogens (tertiary/aromatic N) is 3. The van der Waals surface area contributed by atoms with E-state index in [4.69, 9.17) is 16.4 Å². The fraction of sp³-hybridized carbons (Fsp3) is 0.417. The van der Waals surface area contributed by atoms with Crippen LogP contribution in [0.3, 0.4) is 0 Å². The number of hydrogen-bond acceptors (Lipinski definition) is 4. The molecule has 1 saturated heterocycles. The summed E-state index contributed by atoms with van der Waals surface area (Å²) < 4.78 is 5.98. The molecule has 2 aromatic carbocycles. The lowest BCUT2D eigenvalue weighted by molar-refractivity contribution is -0.0500. The number of ether oxygens (including phenoxy) is 1. The summed E-state index contributed by atoms with van der Waals surface area (Å²) in [6.45, 7) is 10.8. The molecule has 0 atom stereocenters. The van der Waals surface area contributed by atoms with Gasteiger partial charge in [-0.1, -0.05) is 24.3 Å². The fourth-order valence-corrected chi connectivity index (χ4v) is 4.02. The van der Waals surface area contributed by atoms with Crippen molar-refractivity contribution in [2.45, 2.75) is 24.9 Å². The molecule has 1 heterocycles. The zero-order valence-electron chi connectivity index (χ0n) is 17.7. The van der Waals surface area contributed by atoms with Crippen LogP contribution in [0.2, 0.25) is 0 Å². The molecule has 1 fully saturated rings. The second-order valence-corrected chi connectivity index (χ2v) is 7.97. The minimum absolute atomic E-state index is 0.200. The molecule has 0 spiro atoms. The smallest absolute Gasteiger partial charge is 0.335 e. The average Bonchev–Trinajstić information content (AvgIpc) is 2.79. The van der Waals surface area contributed by atoms with Crippen molar-refractivity contribution in [3.8, 4) is 0 Å². The van der Waals surface area contributed by atoms with Crippen LogP contribution in [0, 0.1) is 6.57 Å². The molecule has 0 radical (unpaired) electrons. The van der Waals surface area contributed by atoms with Crippen LogP contribution in [0.25, 0.3) is 4.85 Å². The lowest BCUT2D eigenvalue weighted by atomic mass is 9.90. The average molecular weight is 408 g/mol. The summed E-state index contributed by atoms with van der Waals surface area (Å²) in [6.07, 6.45) is 2.89.